The minimum Gasteiger partial charge on any atom is -0.394 e. The first-order valence-electron chi connectivity index (χ1n) is 5.83. The summed E-state index contributed by atoms with van der Waals surface area (Å²) in [4.78, 5) is 7.16. The first kappa shape index (κ1) is 15.3. The van der Waals surface area contributed by atoms with Crippen molar-refractivity contribution in [2.45, 2.75) is 18.4 Å². The monoisotopic (exact) mass is 314 g/mol. The number of rotatable bonds is 4. The molecular formula is C12H12F2N4O2S. The van der Waals surface area contributed by atoms with Crippen molar-refractivity contribution < 1.29 is 17.2 Å². The van der Waals surface area contributed by atoms with E-state index in [0.29, 0.717) is 11.5 Å². The molecule has 112 valence electrons. The van der Waals surface area contributed by atoms with Crippen LogP contribution in [0.2, 0.25) is 0 Å². The van der Waals surface area contributed by atoms with Crippen molar-refractivity contribution in [3.63, 3.8) is 0 Å². The molecule has 0 amide bonds. The highest BCUT2D eigenvalue weighted by Crippen LogP contribution is 2.22. The number of nitrogens with one attached hydrogen (secondary N) is 1. The molecule has 0 radical (unpaired) electrons. The SMILES string of the molecule is Cc1nccc(CNS(=O)(=O)c2ccc(F)c(N)c2F)n1. The normalized spacial score (nSPS) is 11.6. The van der Waals surface area contributed by atoms with Crippen molar-refractivity contribution in [1.82, 2.24) is 14.7 Å². The highest BCUT2D eigenvalue weighted by Gasteiger charge is 2.22. The zero-order chi connectivity index (χ0) is 15.6. The summed E-state index contributed by atoms with van der Waals surface area (Å²) in [5, 5.41) is 0. The van der Waals surface area contributed by atoms with Crippen LogP contribution in [0.3, 0.4) is 0 Å². The van der Waals surface area contributed by atoms with E-state index in [-0.39, 0.29) is 6.54 Å². The molecule has 9 heteroatoms. The Hall–Kier alpha value is -2.13. The summed E-state index contributed by atoms with van der Waals surface area (Å²) >= 11 is 0. The van der Waals surface area contributed by atoms with Gasteiger partial charge in [0.15, 0.2) is 5.82 Å². The van der Waals surface area contributed by atoms with Crippen LogP contribution in [0.4, 0.5) is 14.5 Å². The van der Waals surface area contributed by atoms with E-state index in [0.717, 1.165) is 12.1 Å². The molecule has 0 fully saturated rings. The Labute approximate surface area is 120 Å². The van der Waals surface area contributed by atoms with Crippen LogP contribution in [-0.2, 0) is 16.6 Å². The van der Waals surface area contributed by atoms with E-state index < -0.39 is 32.2 Å². The molecule has 1 aromatic heterocycles. The standard InChI is InChI=1S/C12H12F2N4O2S/c1-7-16-5-4-8(18-7)6-17-21(19,20)10-3-2-9(13)12(15)11(10)14/h2-5,17H,6,15H2,1H3. The topological polar surface area (TPSA) is 98.0 Å². The van der Waals surface area contributed by atoms with Gasteiger partial charge < -0.3 is 5.73 Å². The lowest BCUT2D eigenvalue weighted by atomic mass is 10.3. The third-order valence-electron chi connectivity index (χ3n) is 2.66. The van der Waals surface area contributed by atoms with Gasteiger partial charge in [0.05, 0.1) is 12.2 Å². The molecule has 0 spiro atoms. The Morgan fingerprint density at radius 3 is 2.67 bits per heavy atom. The van der Waals surface area contributed by atoms with Gasteiger partial charge in [0.2, 0.25) is 10.0 Å². The lowest BCUT2D eigenvalue weighted by Gasteiger charge is -2.09. The van der Waals surface area contributed by atoms with Crippen LogP contribution >= 0.6 is 0 Å². The van der Waals surface area contributed by atoms with Gasteiger partial charge in [-0.25, -0.2) is 31.9 Å². The molecule has 0 aliphatic heterocycles. The fourth-order valence-corrected chi connectivity index (χ4v) is 2.69. The number of anilines is 1. The summed E-state index contributed by atoms with van der Waals surface area (Å²) in [7, 11) is -4.17. The molecule has 1 aromatic carbocycles. The number of sulfonamides is 1. The van der Waals surface area contributed by atoms with E-state index in [4.69, 9.17) is 5.73 Å². The van der Waals surface area contributed by atoms with Gasteiger partial charge >= 0.3 is 0 Å². The quantitative estimate of drug-likeness (QED) is 0.824. The van der Waals surface area contributed by atoms with E-state index in [1.807, 2.05) is 0 Å². The molecular weight excluding hydrogens is 302 g/mol. The molecule has 0 aliphatic carbocycles. The Kier molecular flexibility index (Phi) is 4.14. The number of hydrogen-bond acceptors (Lipinski definition) is 5. The van der Waals surface area contributed by atoms with Crippen LogP contribution in [0.1, 0.15) is 11.5 Å². The maximum absolute atomic E-state index is 13.7. The maximum atomic E-state index is 13.7. The summed E-state index contributed by atoms with van der Waals surface area (Å²) in [5.74, 6) is -1.86. The molecule has 2 aromatic rings. The Morgan fingerprint density at radius 2 is 2.00 bits per heavy atom. The second-order valence-electron chi connectivity index (χ2n) is 4.19. The van der Waals surface area contributed by atoms with Gasteiger partial charge in [-0.3, -0.25) is 0 Å². The predicted molar refractivity (Wildman–Crippen MR) is 71.6 cm³/mol. The number of aromatic nitrogens is 2. The Morgan fingerprint density at radius 1 is 1.29 bits per heavy atom. The third-order valence-corrected chi connectivity index (χ3v) is 4.08. The lowest BCUT2D eigenvalue weighted by Crippen LogP contribution is -2.25. The van der Waals surface area contributed by atoms with Crippen LogP contribution in [0, 0.1) is 18.6 Å². The average molecular weight is 314 g/mol. The number of nitrogens with two attached hydrogens (primary N) is 1. The minimum absolute atomic E-state index is 0.150. The van der Waals surface area contributed by atoms with Crippen molar-refractivity contribution in [3.05, 3.63) is 47.5 Å². The number of benzene rings is 1. The third kappa shape index (κ3) is 3.31. The lowest BCUT2D eigenvalue weighted by molar-refractivity contribution is 0.547. The zero-order valence-electron chi connectivity index (χ0n) is 11.0. The van der Waals surface area contributed by atoms with Gasteiger partial charge in [-0.2, -0.15) is 0 Å². The predicted octanol–water partition coefficient (Wildman–Crippen LogP) is 1.12. The first-order valence-corrected chi connectivity index (χ1v) is 7.31. The summed E-state index contributed by atoms with van der Waals surface area (Å²) in [5.41, 5.74) is 4.72. The van der Waals surface area contributed by atoms with Crippen LogP contribution in [-0.4, -0.2) is 18.4 Å². The number of halogens is 2. The molecule has 6 nitrogen and oxygen atoms in total. The van der Waals surface area contributed by atoms with Crippen LogP contribution < -0.4 is 10.5 Å². The smallest absolute Gasteiger partial charge is 0.243 e. The van der Waals surface area contributed by atoms with Crippen molar-refractivity contribution in [1.29, 1.82) is 0 Å². The summed E-state index contributed by atoms with van der Waals surface area (Å²) in [6.07, 6.45) is 1.47. The maximum Gasteiger partial charge on any atom is 0.243 e. The average Bonchev–Trinajstić information content (AvgIpc) is 2.43. The van der Waals surface area contributed by atoms with Crippen molar-refractivity contribution in [3.8, 4) is 0 Å². The Bertz CT molecular complexity index is 781. The largest absolute Gasteiger partial charge is 0.394 e. The highest BCUT2D eigenvalue weighted by molar-refractivity contribution is 7.89. The van der Waals surface area contributed by atoms with E-state index in [2.05, 4.69) is 14.7 Å². The minimum atomic E-state index is -4.17. The molecule has 0 unspecified atom stereocenters. The number of hydrogen-bond donors (Lipinski definition) is 2. The number of nitrogens with zero attached hydrogens (tertiary/aromatic N) is 2. The second kappa shape index (κ2) is 5.70. The second-order valence-corrected chi connectivity index (χ2v) is 5.93. The first-order chi connectivity index (χ1) is 9.81. The van der Waals surface area contributed by atoms with Gasteiger partial charge in [0, 0.05) is 6.20 Å². The fraction of sp³-hybridized carbons (Fsp3) is 0.167. The van der Waals surface area contributed by atoms with Crippen LogP contribution in [0.5, 0.6) is 0 Å². The fourth-order valence-electron chi connectivity index (χ4n) is 1.61. The van der Waals surface area contributed by atoms with Crippen molar-refractivity contribution in [2.75, 3.05) is 5.73 Å². The van der Waals surface area contributed by atoms with E-state index in [1.165, 1.54) is 12.3 Å². The summed E-state index contributed by atoms with van der Waals surface area (Å²) in [6, 6.07) is 3.13. The molecule has 2 rings (SSSR count). The Balaban J connectivity index is 2.25. The van der Waals surface area contributed by atoms with E-state index >= 15 is 0 Å². The number of nitrogen functional groups attached to an aromatic ring is 1. The molecule has 1 heterocycles. The van der Waals surface area contributed by atoms with Crippen LogP contribution in [0.25, 0.3) is 0 Å². The molecule has 21 heavy (non-hydrogen) atoms. The number of aryl methyl sites for hydroxylation is 1. The summed E-state index contributed by atoms with van der Waals surface area (Å²) < 4.78 is 53.0. The summed E-state index contributed by atoms with van der Waals surface area (Å²) in [6.45, 7) is 1.50. The molecule has 0 saturated heterocycles. The molecule has 0 aliphatic rings. The highest BCUT2D eigenvalue weighted by atomic mass is 32.2. The molecule has 0 atom stereocenters. The molecule has 3 N–H and O–H groups in total. The van der Waals surface area contributed by atoms with Crippen molar-refractivity contribution >= 4 is 15.7 Å². The van der Waals surface area contributed by atoms with Crippen LogP contribution in [0.15, 0.2) is 29.3 Å². The van der Waals surface area contributed by atoms with Gasteiger partial charge in [0.25, 0.3) is 0 Å². The van der Waals surface area contributed by atoms with Gasteiger partial charge in [-0.15, -0.1) is 0 Å². The van der Waals surface area contributed by atoms with E-state index in [9.17, 15) is 17.2 Å². The van der Waals surface area contributed by atoms with Gasteiger partial charge in [0.1, 0.15) is 22.2 Å². The zero-order valence-corrected chi connectivity index (χ0v) is 11.8. The van der Waals surface area contributed by atoms with Gasteiger partial charge in [-0.05, 0) is 25.1 Å². The molecule has 0 saturated carbocycles. The van der Waals surface area contributed by atoms with Crippen molar-refractivity contribution in [2.24, 2.45) is 0 Å². The van der Waals surface area contributed by atoms with E-state index in [1.54, 1.807) is 6.92 Å². The van der Waals surface area contributed by atoms with Gasteiger partial charge in [-0.1, -0.05) is 0 Å². The molecule has 0 bridgehead atoms.